The number of hydrogen-bond acceptors (Lipinski definition) is 2. The fourth-order valence-corrected chi connectivity index (χ4v) is 1.42. The number of hydrogen-bond donors (Lipinski definition) is 1. The summed E-state index contributed by atoms with van der Waals surface area (Å²) in [6.07, 6.45) is -0.121. The molecule has 13 heavy (non-hydrogen) atoms. The summed E-state index contributed by atoms with van der Waals surface area (Å²) < 4.78 is 12.8. The van der Waals surface area contributed by atoms with Crippen LogP contribution >= 0.6 is 0 Å². The molecule has 2 N–H and O–H groups in total. The third-order valence-corrected chi connectivity index (χ3v) is 2.04. The predicted molar refractivity (Wildman–Crippen MR) is 44.4 cm³/mol. The van der Waals surface area contributed by atoms with Gasteiger partial charge < -0.3 is 10.6 Å². The first-order valence-corrected chi connectivity index (χ1v) is 3.92. The van der Waals surface area contributed by atoms with Crippen molar-refractivity contribution in [1.29, 1.82) is 0 Å². The smallest absolute Gasteiger partial charge is 0.246 e. The molecule has 72 valence electrons. The van der Waals surface area contributed by atoms with Crippen molar-refractivity contribution in [1.82, 2.24) is 4.90 Å². The standard InChI is InChI=1S/C8H11FN2O2/c1-2-7(12)11-4-5(9)3-6(11)8(10)13/h2,5-6H,1,3-4H2,(H2,10,13)/t5-,6+/m1/s1. The van der Waals surface area contributed by atoms with Gasteiger partial charge in [-0.3, -0.25) is 9.59 Å². The maximum Gasteiger partial charge on any atom is 0.246 e. The van der Waals surface area contributed by atoms with Gasteiger partial charge in [0.2, 0.25) is 11.8 Å². The van der Waals surface area contributed by atoms with Crippen LogP contribution in [0.3, 0.4) is 0 Å². The number of amides is 2. The van der Waals surface area contributed by atoms with Gasteiger partial charge in [0.1, 0.15) is 12.2 Å². The highest BCUT2D eigenvalue weighted by Gasteiger charge is 2.37. The Kier molecular flexibility index (Phi) is 2.65. The van der Waals surface area contributed by atoms with E-state index in [-0.39, 0.29) is 13.0 Å². The normalized spacial score (nSPS) is 27.3. The summed E-state index contributed by atoms with van der Waals surface area (Å²) in [5.41, 5.74) is 5.01. The van der Waals surface area contributed by atoms with E-state index in [4.69, 9.17) is 5.73 Å². The molecule has 0 radical (unpaired) electrons. The molecule has 0 saturated carbocycles. The van der Waals surface area contributed by atoms with E-state index in [2.05, 4.69) is 6.58 Å². The molecule has 0 spiro atoms. The van der Waals surface area contributed by atoms with Gasteiger partial charge in [0, 0.05) is 6.42 Å². The first kappa shape index (κ1) is 9.70. The largest absolute Gasteiger partial charge is 0.368 e. The molecule has 5 heteroatoms. The summed E-state index contributed by atoms with van der Waals surface area (Å²) in [4.78, 5) is 23.0. The van der Waals surface area contributed by atoms with Crippen molar-refractivity contribution in [3.63, 3.8) is 0 Å². The van der Waals surface area contributed by atoms with Gasteiger partial charge in [-0.2, -0.15) is 0 Å². The SMILES string of the molecule is C=CC(=O)N1C[C@H](F)C[C@H]1C(N)=O. The molecule has 0 aromatic rings. The van der Waals surface area contributed by atoms with Gasteiger partial charge >= 0.3 is 0 Å². The van der Waals surface area contributed by atoms with Crippen LogP contribution in [0, 0.1) is 0 Å². The molecule has 1 aliphatic heterocycles. The number of alkyl halides is 1. The minimum absolute atomic E-state index is 0.00505. The quantitative estimate of drug-likeness (QED) is 0.596. The number of rotatable bonds is 2. The highest BCUT2D eigenvalue weighted by molar-refractivity contribution is 5.92. The first-order valence-electron chi connectivity index (χ1n) is 3.92. The number of carbonyl (C=O) groups is 2. The summed E-state index contributed by atoms with van der Waals surface area (Å²) >= 11 is 0. The Hall–Kier alpha value is -1.39. The highest BCUT2D eigenvalue weighted by atomic mass is 19.1. The average Bonchev–Trinajstić information content (AvgIpc) is 2.46. The monoisotopic (exact) mass is 186 g/mol. The molecule has 1 aliphatic rings. The van der Waals surface area contributed by atoms with Crippen LogP contribution in [0.5, 0.6) is 0 Å². The molecule has 1 fully saturated rings. The van der Waals surface area contributed by atoms with Crippen molar-refractivity contribution in [2.75, 3.05) is 6.54 Å². The second-order valence-corrected chi connectivity index (χ2v) is 2.95. The lowest BCUT2D eigenvalue weighted by Crippen LogP contribution is -2.42. The minimum atomic E-state index is -1.17. The van der Waals surface area contributed by atoms with Crippen LogP contribution in [-0.4, -0.2) is 35.5 Å². The maximum atomic E-state index is 12.8. The summed E-state index contributed by atoms with van der Waals surface area (Å²) in [5.74, 6) is -1.13. The second kappa shape index (κ2) is 3.55. The molecule has 1 rings (SSSR count). The predicted octanol–water partition coefficient (Wildman–Crippen LogP) is -0.403. The van der Waals surface area contributed by atoms with Crippen molar-refractivity contribution >= 4 is 11.8 Å². The maximum absolute atomic E-state index is 12.8. The molecule has 2 atom stereocenters. The minimum Gasteiger partial charge on any atom is -0.368 e. The van der Waals surface area contributed by atoms with E-state index in [1.807, 2.05) is 0 Å². The van der Waals surface area contributed by atoms with Crippen LogP contribution in [0.25, 0.3) is 0 Å². The van der Waals surface area contributed by atoms with Gasteiger partial charge in [0.15, 0.2) is 0 Å². The number of nitrogens with two attached hydrogens (primary N) is 1. The summed E-state index contributed by atoms with van der Waals surface area (Å²) in [6.45, 7) is 3.19. The van der Waals surface area contributed by atoms with Crippen LogP contribution in [0.1, 0.15) is 6.42 Å². The molecule has 0 unspecified atom stereocenters. The van der Waals surface area contributed by atoms with Crippen molar-refractivity contribution in [2.45, 2.75) is 18.6 Å². The molecule has 1 saturated heterocycles. The van der Waals surface area contributed by atoms with Crippen LogP contribution in [0.15, 0.2) is 12.7 Å². The molecular formula is C8H11FN2O2. The van der Waals surface area contributed by atoms with Gasteiger partial charge in [-0.25, -0.2) is 4.39 Å². The number of nitrogens with zero attached hydrogens (tertiary/aromatic N) is 1. The van der Waals surface area contributed by atoms with Crippen molar-refractivity contribution in [2.24, 2.45) is 5.73 Å². The Labute approximate surface area is 75.2 Å². The molecule has 0 bridgehead atoms. The van der Waals surface area contributed by atoms with Crippen LogP contribution < -0.4 is 5.73 Å². The Morgan fingerprint density at radius 2 is 2.23 bits per heavy atom. The zero-order valence-electron chi connectivity index (χ0n) is 7.07. The van der Waals surface area contributed by atoms with Gasteiger partial charge in [0.25, 0.3) is 0 Å². The van der Waals surface area contributed by atoms with Crippen LogP contribution in [0.4, 0.5) is 4.39 Å². The van der Waals surface area contributed by atoms with E-state index in [0.717, 1.165) is 11.0 Å². The van der Waals surface area contributed by atoms with E-state index in [1.54, 1.807) is 0 Å². The van der Waals surface area contributed by atoms with E-state index in [9.17, 15) is 14.0 Å². The lowest BCUT2D eigenvalue weighted by atomic mass is 10.2. The Balaban J connectivity index is 2.77. The second-order valence-electron chi connectivity index (χ2n) is 2.95. The Bertz CT molecular complexity index is 255. The number of likely N-dealkylation sites (tertiary alicyclic amines) is 1. The Morgan fingerprint density at radius 1 is 1.62 bits per heavy atom. The molecular weight excluding hydrogens is 175 g/mol. The van der Waals surface area contributed by atoms with E-state index < -0.39 is 24.0 Å². The highest BCUT2D eigenvalue weighted by Crippen LogP contribution is 2.20. The van der Waals surface area contributed by atoms with Crippen LogP contribution in [0.2, 0.25) is 0 Å². The van der Waals surface area contributed by atoms with Crippen molar-refractivity contribution < 1.29 is 14.0 Å². The Morgan fingerprint density at radius 3 is 2.69 bits per heavy atom. The topological polar surface area (TPSA) is 63.4 Å². The lowest BCUT2D eigenvalue weighted by Gasteiger charge is -2.19. The summed E-state index contributed by atoms with van der Waals surface area (Å²) in [6, 6.07) is -0.819. The van der Waals surface area contributed by atoms with Gasteiger partial charge in [-0.15, -0.1) is 0 Å². The van der Waals surface area contributed by atoms with Crippen molar-refractivity contribution in [3.8, 4) is 0 Å². The molecule has 4 nitrogen and oxygen atoms in total. The molecule has 1 heterocycles. The van der Waals surface area contributed by atoms with Crippen molar-refractivity contribution in [3.05, 3.63) is 12.7 Å². The molecule has 0 aromatic carbocycles. The summed E-state index contributed by atoms with van der Waals surface area (Å²) in [7, 11) is 0. The van der Waals surface area contributed by atoms with Gasteiger partial charge in [0.05, 0.1) is 6.54 Å². The van der Waals surface area contributed by atoms with E-state index in [0.29, 0.717) is 0 Å². The summed E-state index contributed by atoms with van der Waals surface area (Å²) in [5, 5.41) is 0. The fourth-order valence-electron chi connectivity index (χ4n) is 1.42. The zero-order valence-corrected chi connectivity index (χ0v) is 7.07. The molecule has 2 amide bonds. The van der Waals surface area contributed by atoms with Gasteiger partial charge in [-0.05, 0) is 6.08 Å². The molecule has 0 aromatic heterocycles. The van der Waals surface area contributed by atoms with Gasteiger partial charge in [-0.1, -0.05) is 6.58 Å². The number of carbonyl (C=O) groups excluding carboxylic acids is 2. The average molecular weight is 186 g/mol. The number of halogens is 1. The van der Waals surface area contributed by atoms with E-state index in [1.165, 1.54) is 0 Å². The lowest BCUT2D eigenvalue weighted by molar-refractivity contribution is -0.133. The number of primary amides is 1. The third-order valence-electron chi connectivity index (χ3n) is 2.04. The van der Waals surface area contributed by atoms with E-state index >= 15 is 0 Å². The first-order chi connectivity index (χ1) is 6.06. The molecule has 0 aliphatic carbocycles. The van der Waals surface area contributed by atoms with Crippen LogP contribution in [-0.2, 0) is 9.59 Å². The fraction of sp³-hybridized carbons (Fsp3) is 0.500. The zero-order chi connectivity index (χ0) is 10.0. The third kappa shape index (κ3) is 1.85.